The van der Waals surface area contributed by atoms with Gasteiger partial charge >= 0.3 is 0 Å². The molecule has 80 heavy (non-hydrogen) atoms. The van der Waals surface area contributed by atoms with E-state index in [1.165, 1.54) is 110 Å². The molecule has 13 aromatic carbocycles. The van der Waals surface area contributed by atoms with Crippen LogP contribution in [0.5, 0.6) is 0 Å². The van der Waals surface area contributed by atoms with Crippen molar-refractivity contribution in [2.75, 3.05) is 0 Å². The van der Waals surface area contributed by atoms with Crippen molar-refractivity contribution < 1.29 is 0 Å². The molecule has 0 spiro atoms. The van der Waals surface area contributed by atoms with E-state index in [-0.39, 0.29) is 0 Å². The molecule has 15 rings (SSSR count). The molecule has 2 heteroatoms. The van der Waals surface area contributed by atoms with Crippen molar-refractivity contribution in [2.45, 2.75) is 0 Å². The van der Waals surface area contributed by atoms with Gasteiger partial charge in [0, 0.05) is 32.9 Å². The second kappa shape index (κ2) is 19.8. The van der Waals surface area contributed by atoms with Crippen LogP contribution in [-0.2, 0) is 0 Å². The lowest BCUT2D eigenvalue weighted by atomic mass is 9.85. The van der Waals surface area contributed by atoms with Crippen molar-refractivity contribution in [1.82, 2.24) is 9.13 Å². The molecule has 2 nitrogen and oxygen atoms in total. The summed E-state index contributed by atoms with van der Waals surface area (Å²) < 4.78 is 4.75. The number of para-hydroxylation sites is 4. The Morgan fingerprint density at radius 1 is 0.212 bits per heavy atom. The summed E-state index contributed by atoms with van der Waals surface area (Å²) in [6.07, 6.45) is 4.66. The van der Waals surface area contributed by atoms with Crippen molar-refractivity contribution in [3.8, 4) is 33.6 Å². The Hall–Kier alpha value is -10.5. The van der Waals surface area contributed by atoms with Gasteiger partial charge in [-0.15, -0.1) is 0 Å². The summed E-state index contributed by atoms with van der Waals surface area (Å²) in [5.74, 6) is 0. The highest BCUT2D eigenvalue weighted by atomic mass is 15.0. The van der Waals surface area contributed by atoms with Crippen LogP contribution in [0.1, 0.15) is 33.4 Å². The molecule has 0 amide bonds. The van der Waals surface area contributed by atoms with E-state index >= 15 is 0 Å². The molecule has 0 aliphatic rings. The van der Waals surface area contributed by atoms with Crippen LogP contribution < -0.4 is 0 Å². The van der Waals surface area contributed by atoms with Crippen molar-refractivity contribution in [2.24, 2.45) is 0 Å². The lowest BCUT2D eigenvalue weighted by Crippen LogP contribution is -1.94. The van der Waals surface area contributed by atoms with Gasteiger partial charge in [-0.05, 0) is 149 Å². The maximum atomic E-state index is 2.38. The van der Waals surface area contributed by atoms with E-state index in [9.17, 15) is 0 Å². The second-order valence-corrected chi connectivity index (χ2v) is 20.8. The summed E-state index contributed by atoms with van der Waals surface area (Å²) in [6.45, 7) is 0. The predicted molar refractivity (Wildman–Crippen MR) is 341 cm³/mol. The molecule has 0 aliphatic carbocycles. The zero-order valence-corrected chi connectivity index (χ0v) is 43.9. The minimum Gasteiger partial charge on any atom is -0.309 e. The van der Waals surface area contributed by atoms with Gasteiger partial charge in [-0.25, -0.2) is 0 Å². The van der Waals surface area contributed by atoms with Crippen molar-refractivity contribution in [3.05, 3.63) is 337 Å². The summed E-state index contributed by atoms with van der Waals surface area (Å²) in [6, 6.07) is 111. The van der Waals surface area contributed by atoms with Gasteiger partial charge in [0.25, 0.3) is 0 Å². The highest BCUT2D eigenvalue weighted by Crippen LogP contribution is 2.45. The number of aromatic nitrogens is 2. The first-order valence-electron chi connectivity index (χ1n) is 27.6. The summed E-state index contributed by atoms with van der Waals surface area (Å²) in [7, 11) is 0. The minimum absolute atomic E-state index is 1.15. The average molecular weight is 1020 g/mol. The summed E-state index contributed by atoms with van der Waals surface area (Å²) >= 11 is 0. The van der Waals surface area contributed by atoms with Crippen LogP contribution in [-0.4, -0.2) is 9.13 Å². The first-order chi connectivity index (χ1) is 39.7. The van der Waals surface area contributed by atoms with E-state index in [1.807, 2.05) is 0 Å². The van der Waals surface area contributed by atoms with Gasteiger partial charge in [0.1, 0.15) is 0 Å². The van der Waals surface area contributed by atoms with Crippen molar-refractivity contribution >= 4 is 88.5 Å². The van der Waals surface area contributed by atoms with Gasteiger partial charge in [0.15, 0.2) is 0 Å². The molecule has 0 atom stereocenters. The predicted octanol–water partition coefficient (Wildman–Crippen LogP) is 20.7. The summed E-state index contributed by atoms with van der Waals surface area (Å²) in [4.78, 5) is 0. The molecule has 0 saturated heterocycles. The number of hydrogen-bond donors (Lipinski definition) is 0. The Bertz CT molecular complexity index is 4390. The number of nitrogens with zero attached hydrogens (tertiary/aromatic N) is 2. The molecular weight excluding hydrogens is 965 g/mol. The molecule has 2 heterocycles. The van der Waals surface area contributed by atoms with E-state index in [4.69, 9.17) is 0 Å². The van der Waals surface area contributed by atoms with E-state index in [0.717, 1.165) is 33.6 Å². The molecule has 2 aromatic heterocycles. The lowest BCUT2D eigenvalue weighted by Gasteiger charge is -2.18. The molecule has 0 saturated carbocycles. The van der Waals surface area contributed by atoms with E-state index in [1.54, 1.807) is 0 Å². The first kappa shape index (κ1) is 46.7. The third-order valence-electron chi connectivity index (χ3n) is 16.2. The highest BCUT2D eigenvalue weighted by molar-refractivity contribution is 6.21. The fourth-order valence-corrected chi connectivity index (χ4v) is 12.5. The van der Waals surface area contributed by atoms with Gasteiger partial charge in [0.05, 0.1) is 22.1 Å². The minimum atomic E-state index is 1.15. The molecule has 0 N–H and O–H groups in total. The number of hydrogen-bond acceptors (Lipinski definition) is 0. The summed E-state index contributed by atoms with van der Waals surface area (Å²) in [5, 5.41) is 9.99. The first-order valence-corrected chi connectivity index (χ1v) is 27.6. The fourth-order valence-electron chi connectivity index (χ4n) is 12.5. The Morgan fingerprint density at radius 2 is 0.463 bits per heavy atom. The third kappa shape index (κ3) is 8.13. The van der Waals surface area contributed by atoms with Crippen molar-refractivity contribution in [3.63, 3.8) is 0 Å². The number of benzene rings is 13. The number of fused-ring (bicyclic) bond motifs is 8. The van der Waals surface area contributed by atoms with Crippen molar-refractivity contribution in [1.29, 1.82) is 0 Å². The normalized spacial score (nSPS) is 12.2. The SMILES string of the molecule is C(=C(c1ccccc1)c1ccc(-c2c3ccccc3c(-c3ccc(C(=Cc4ccc(-n5c6ccccc6c6ccccc65)cc4)c4ccccc4)cc3)c3ccccc23)cc1)c1ccc(-n2c3ccccc3c3ccccc32)cc1. The fraction of sp³-hybridized carbons (Fsp3) is 0. The van der Waals surface area contributed by atoms with Crippen LogP contribution in [0.3, 0.4) is 0 Å². The van der Waals surface area contributed by atoms with E-state index < -0.39 is 0 Å². The van der Waals surface area contributed by atoms with E-state index in [0.29, 0.717) is 0 Å². The molecule has 15 aromatic rings. The van der Waals surface area contributed by atoms with Crippen LogP contribution >= 0.6 is 0 Å². The smallest absolute Gasteiger partial charge is 0.0541 e. The Labute approximate surface area is 465 Å². The van der Waals surface area contributed by atoms with Gasteiger partial charge in [0.2, 0.25) is 0 Å². The van der Waals surface area contributed by atoms with Crippen LogP contribution in [0.25, 0.3) is 122 Å². The molecular formula is C78H52N2. The molecule has 0 bridgehead atoms. The standard InChI is InChI=1S/C78H52N2/c1-3-19-55(20-4-1)71(51-53-35-47-61(48-36-53)79-73-31-15-11-23-63(73)64-24-12-16-32-74(64)79)57-39-43-59(44-40-57)77-67-27-7-9-29-69(67)78(70-30-10-8-28-68(70)77)60-45-41-58(42-46-60)72(56-21-5-2-6-22-56)52-54-37-49-62(50-38-54)80-75-33-17-13-25-65(75)66-26-14-18-34-76(66)80/h1-52H. The van der Waals surface area contributed by atoms with Gasteiger partial charge in [-0.1, -0.05) is 255 Å². The van der Waals surface area contributed by atoms with Gasteiger partial charge < -0.3 is 9.13 Å². The van der Waals surface area contributed by atoms with Gasteiger partial charge in [-0.3, -0.25) is 0 Å². The lowest BCUT2D eigenvalue weighted by molar-refractivity contribution is 1.18. The molecule has 0 radical (unpaired) electrons. The largest absolute Gasteiger partial charge is 0.309 e. The Balaban J connectivity index is 0.776. The quantitative estimate of drug-likeness (QED) is 0.0954. The highest BCUT2D eigenvalue weighted by Gasteiger charge is 2.19. The van der Waals surface area contributed by atoms with Gasteiger partial charge in [-0.2, -0.15) is 0 Å². The van der Waals surface area contributed by atoms with Crippen LogP contribution in [0.4, 0.5) is 0 Å². The maximum absolute atomic E-state index is 2.38. The Kier molecular flexibility index (Phi) is 11.6. The molecule has 0 aliphatic heterocycles. The van der Waals surface area contributed by atoms with Crippen LogP contribution in [0, 0.1) is 0 Å². The Morgan fingerprint density at radius 3 is 0.762 bits per heavy atom. The van der Waals surface area contributed by atoms with E-state index in [2.05, 4.69) is 325 Å². The second-order valence-electron chi connectivity index (χ2n) is 20.8. The third-order valence-corrected chi connectivity index (χ3v) is 16.2. The molecule has 0 fully saturated rings. The maximum Gasteiger partial charge on any atom is 0.0541 e. The van der Waals surface area contributed by atoms with Crippen LogP contribution in [0.15, 0.2) is 303 Å². The topological polar surface area (TPSA) is 9.86 Å². The average Bonchev–Trinajstić information content (AvgIpc) is 4.20. The van der Waals surface area contributed by atoms with Crippen LogP contribution in [0.2, 0.25) is 0 Å². The molecule has 374 valence electrons. The monoisotopic (exact) mass is 1020 g/mol. The zero-order valence-electron chi connectivity index (χ0n) is 43.9. The summed E-state index contributed by atoms with van der Waals surface area (Å²) in [5.41, 5.74) is 21.3. The zero-order chi connectivity index (χ0) is 52.9. The molecule has 0 unspecified atom stereocenters. The number of rotatable bonds is 10.